The van der Waals surface area contributed by atoms with E-state index in [0.29, 0.717) is 5.56 Å². The van der Waals surface area contributed by atoms with Crippen LogP contribution in [-0.4, -0.2) is 44.8 Å². The molecule has 1 aliphatic rings. The van der Waals surface area contributed by atoms with E-state index in [1.165, 1.54) is 10.5 Å². The first-order chi connectivity index (χ1) is 14.7. The van der Waals surface area contributed by atoms with Gasteiger partial charge in [-0.3, -0.25) is 4.79 Å². The minimum absolute atomic E-state index is 0.0793. The second kappa shape index (κ2) is 11.5. The van der Waals surface area contributed by atoms with Crippen LogP contribution in [-0.2, 0) is 20.8 Å². The number of quaternary nitrogens is 1. The Hall–Kier alpha value is -2.70. The van der Waals surface area contributed by atoms with Crippen molar-refractivity contribution in [2.24, 2.45) is 0 Å². The molecule has 0 bridgehead atoms. The molecule has 0 unspecified atom stereocenters. The molecule has 6 heteroatoms. The van der Waals surface area contributed by atoms with Crippen molar-refractivity contribution in [2.45, 2.75) is 32.4 Å². The summed E-state index contributed by atoms with van der Waals surface area (Å²) in [5.74, 6) is -0.777. The third kappa shape index (κ3) is 6.68. The Kier molecular flexibility index (Phi) is 8.41. The van der Waals surface area contributed by atoms with Crippen molar-refractivity contribution in [1.29, 1.82) is 0 Å². The van der Waals surface area contributed by atoms with Crippen molar-refractivity contribution in [3.8, 4) is 0 Å². The van der Waals surface area contributed by atoms with Crippen molar-refractivity contribution in [2.75, 3.05) is 32.9 Å². The average molecular weight is 412 g/mol. The van der Waals surface area contributed by atoms with Crippen LogP contribution in [0.4, 0.5) is 0 Å². The third-order valence-electron chi connectivity index (χ3n) is 5.29. The summed E-state index contributed by atoms with van der Waals surface area (Å²) in [7, 11) is 0. The van der Waals surface area contributed by atoms with E-state index in [9.17, 15) is 9.59 Å². The topological polar surface area (TPSA) is 69.1 Å². The molecule has 1 aliphatic heterocycles. The molecule has 0 spiro atoms. The smallest absolute Gasteiger partial charge is 0.338 e. The van der Waals surface area contributed by atoms with Crippen molar-refractivity contribution >= 4 is 11.9 Å². The molecular formula is C24H31N2O4+. The van der Waals surface area contributed by atoms with Crippen LogP contribution >= 0.6 is 0 Å². The first-order valence-electron chi connectivity index (χ1n) is 10.7. The predicted octanol–water partition coefficient (Wildman–Crippen LogP) is 1.92. The molecule has 1 heterocycles. The molecule has 0 saturated carbocycles. The van der Waals surface area contributed by atoms with E-state index in [-0.39, 0.29) is 18.6 Å². The third-order valence-corrected chi connectivity index (χ3v) is 5.29. The summed E-state index contributed by atoms with van der Waals surface area (Å²) in [6, 6.07) is 17.2. The maximum Gasteiger partial charge on any atom is 0.338 e. The fourth-order valence-corrected chi connectivity index (χ4v) is 3.63. The first kappa shape index (κ1) is 22.0. The quantitative estimate of drug-likeness (QED) is 0.619. The second-order valence-electron chi connectivity index (χ2n) is 7.63. The van der Waals surface area contributed by atoms with Crippen molar-refractivity contribution in [3.63, 3.8) is 0 Å². The molecule has 1 amide bonds. The molecular weight excluding hydrogens is 380 g/mol. The Balaban J connectivity index is 1.47. The van der Waals surface area contributed by atoms with Crippen LogP contribution in [0.3, 0.4) is 0 Å². The maximum atomic E-state index is 12.3. The van der Waals surface area contributed by atoms with Crippen molar-refractivity contribution in [3.05, 3.63) is 71.3 Å². The van der Waals surface area contributed by atoms with E-state index >= 15 is 0 Å². The largest absolute Gasteiger partial charge is 0.452 e. The number of esters is 1. The van der Waals surface area contributed by atoms with E-state index in [2.05, 4.69) is 12.2 Å². The van der Waals surface area contributed by atoms with Crippen molar-refractivity contribution < 1.29 is 24.0 Å². The van der Waals surface area contributed by atoms with Gasteiger partial charge < -0.3 is 19.7 Å². The first-order valence-corrected chi connectivity index (χ1v) is 10.7. The lowest BCUT2D eigenvalue weighted by Crippen LogP contribution is -3.12. The number of hydrogen-bond donors (Lipinski definition) is 2. The lowest BCUT2D eigenvalue weighted by Gasteiger charge is -2.23. The molecule has 1 fully saturated rings. The van der Waals surface area contributed by atoms with Gasteiger partial charge in [-0.05, 0) is 24.1 Å². The molecule has 2 aromatic rings. The number of ether oxygens (including phenoxy) is 2. The van der Waals surface area contributed by atoms with Gasteiger partial charge in [0.1, 0.15) is 19.6 Å². The molecule has 1 saturated heterocycles. The molecule has 2 N–H and O–H groups in total. The normalized spacial score (nSPS) is 15.4. The molecule has 0 aliphatic carbocycles. The van der Waals surface area contributed by atoms with Crippen LogP contribution in [0.1, 0.15) is 47.3 Å². The Morgan fingerprint density at radius 2 is 1.77 bits per heavy atom. The number of carbonyl (C=O) groups excluding carboxylic acids is 2. The van der Waals surface area contributed by atoms with Crippen LogP contribution in [0.5, 0.6) is 0 Å². The summed E-state index contributed by atoms with van der Waals surface area (Å²) in [5, 5.41) is 2.97. The van der Waals surface area contributed by atoms with Crippen LogP contribution in [0.2, 0.25) is 0 Å². The van der Waals surface area contributed by atoms with E-state index in [4.69, 9.17) is 9.47 Å². The maximum absolute atomic E-state index is 12.3. The highest BCUT2D eigenvalue weighted by Gasteiger charge is 2.17. The van der Waals surface area contributed by atoms with Crippen LogP contribution in [0.25, 0.3) is 0 Å². The SMILES string of the molecule is CCC[C@@H](NC(=O)COC(=O)c1ccc(C[NH+]2CCOCC2)cc1)c1ccccc1. The van der Waals surface area contributed by atoms with E-state index in [0.717, 1.165) is 51.3 Å². The molecule has 1 atom stereocenters. The molecule has 0 aromatic heterocycles. The highest BCUT2D eigenvalue weighted by atomic mass is 16.5. The van der Waals surface area contributed by atoms with Gasteiger partial charge in [0.05, 0.1) is 24.8 Å². The number of amides is 1. The Morgan fingerprint density at radius 3 is 2.43 bits per heavy atom. The lowest BCUT2D eigenvalue weighted by atomic mass is 10.0. The fourth-order valence-electron chi connectivity index (χ4n) is 3.63. The van der Waals surface area contributed by atoms with Gasteiger partial charge in [-0.2, -0.15) is 0 Å². The van der Waals surface area contributed by atoms with Crippen LogP contribution < -0.4 is 10.2 Å². The number of hydrogen-bond acceptors (Lipinski definition) is 4. The van der Waals surface area contributed by atoms with Gasteiger partial charge in [-0.25, -0.2) is 4.79 Å². The standard InChI is InChI=1S/C24H30N2O4/c1-2-6-22(20-7-4-3-5-8-20)25-23(27)18-30-24(28)21-11-9-19(10-12-21)17-26-13-15-29-16-14-26/h3-5,7-12,22H,2,6,13-18H2,1H3,(H,25,27)/p+1/t22-/m1/s1. The van der Waals surface area contributed by atoms with Gasteiger partial charge in [0.2, 0.25) is 0 Å². The van der Waals surface area contributed by atoms with Gasteiger partial charge in [0.15, 0.2) is 6.61 Å². The van der Waals surface area contributed by atoms with Gasteiger partial charge in [0.25, 0.3) is 5.91 Å². The molecule has 30 heavy (non-hydrogen) atoms. The summed E-state index contributed by atoms with van der Waals surface area (Å²) in [5.41, 5.74) is 2.68. The summed E-state index contributed by atoms with van der Waals surface area (Å²) in [4.78, 5) is 26.1. The number of rotatable bonds is 9. The number of morpholine rings is 1. The van der Waals surface area contributed by atoms with Gasteiger partial charge >= 0.3 is 5.97 Å². The number of benzene rings is 2. The number of carbonyl (C=O) groups is 2. The van der Waals surface area contributed by atoms with Gasteiger partial charge in [0, 0.05) is 5.56 Å². The highest BCUT2D eigenvalue weighted by Crippen LogP contribution is 2.18. The van der Waals surface area contributed by atoms with E-state index < -0.39 is 5.97 Å². The molecule has 3 rings (SSSR count). The Labute approximate surface area is 178 Å². The zero-order chi connectivity index (χ0) is 21.2. The molecule has 160 valence electrons. The van der Waals surface area contributed by atoms with E-state index in [1.807, 2.05) is 42.5 Å². The summed E-state index contributed by atoms with van der Waals surface area (Å²) < 4.78 is 10.6. The molecule has 6 nitrogen and oxygen atoms in total. The average Bonchev–Trinajstić information content (AvgIpc) is 2.79. The predicted molar refractivity (Wildman–Crippen MR) is 114 cm³/mol. The zero-order valence-corrected chi connectivity index (χ0v) is 17.6. The van der Waals surface area contributed by atoms with Crippen LogP contribution in [0.15, 0.2) is 54.6 Å². The fraction of sp³-hybridized carbons (Fsp3) is 0.417. The minimum Gasteiger partial charge on any atom is -0.452 e. The summed E-state index contributed by atoms with van der Waals surface area (Å²) >= 11 is 0. The van der Waals surface area contributed by atoms with Crippen molar-refractivity contribution in [1.82, 2.24) is 5.32 Å². The molecule has 0 radical (unpaired) electrons. The minimum atomic E-state index is -0.484. The second-order valence-corrected chi connectivity index (χ2v) is 7.63. The summed E-state index contributed by atoms with van der Waals surface area (Å²) in [6.07, 6.45) is 1.77. The van der Waals surface area contributed by atoms with Gasteiger partial charge in [-0.1, -0.05) is 55.8 Å². The monoisotopic (exact) mass is 411 g/mol. The Morgan fingerprint density at radius 1 is 1.07 bits per heavy atom. The van der Waals surface area contributed by atoms with Gasteiger partial charge in [-0.15, -0.1) is 0 Å². The van der Waals surface area contributed by atoms with E-state index in [1.54, 1.807) is 12.1 Å². The summed E-state index contributed by atoms with van der Waals surface area (Å²) in [6.45, 7) is 6.30. The Bertz CT molecular complexity index is 802. The zero-order valence-electron chi connectivity index (χ0n) is 17.6. The molecule has 2 aromatic carbocycles. The number of nitrogens with one attached hydrogen (secondary N) is 2. The highest BCUT2D eigenvalue weighted by molar-refractivity contribution is 5.91. The lowest BCUT2D eigenvalue weighted by molar-refractivity contribution is -0.921. The van der Waals surface area contributed by atoms with Crippen LogP contribution in [0, 0.1) is 0 Å².